The molecule has 0 heterocycles. The Morgan fingerprint density at radius 2 is 1.90 bits per heavy atom. The summed E-state index contributed by atoms with van der Waals surface area (Å²) in [6.45, 7) is 0. The smallest absolute Gasteiger partial charge is 0.189 e. The zero-order chi connectivity index (χ0) is 7.40. The first-order valence-electron chi connectivity index (χ1n) is 3.90. The summed E-state index contributed by atoms with van der Waals surface area (Å²) in [6, 6.07) is 0.179. The van der Waals surface area contributed by atoms with E-state index in [9.17, 15) is 5.21 Å². The van der Waals surface area contributed by atoms with Gasteiger partial charge in [0.25, 0.3) is 0 Å². The van der Waals surface area contributed by atoms with Gasteiger partial charge in [0.05, 0.1) is 7.05 Å². The van der Waals surface area contributed by atoms with E-state index in [0.717, 1.165) is 17.7 Å². The zero-order valence-electron chi connectivity index (χ0n) is 6.42. The van der Waals surface area contributed by atoms with E-state index in [1.54, 1.807) is 7.05 Å². The van der Waals surface area contributed by atoms with E-state index in [1.807, 2.05) is 0 Å². The van der Waals surface area contributed by atoms with Crippen LogP contribution in [-0.2, 0) is 0 Å². The van der Waals surface area contributed by atoms with Gasteiger partial charge in [-0.3, -0.25) is 0 Å². The lowest BCUT2D eigenvalue weighted by molar-refractivity contribution is -0.570. The van der Waals surface area contributed by atoms with Gasteiger partial charge < -0.3 is 5.21 Å². The molecule has 3 nitrogen and oxygen atoms in total. The van der Waals surface area contributed by atoms with Crippen LogP contribution in [0.1, 0.15) is 32.1 Å². The molecule has 0 bridgehead atoms. The molecule has 0 radical (unpaired) electrons. The van der Waals surface area contributed by atoms with E-state index in [2.05, 4.69) is 5.11 Å². The van der Waals surface area contributed by atoms with E-state index in [0.29, 0.717) is 0 Å². The van der Waals surface area contributed by atoms with Gasteiger partial charge in [-0.2, -0.15) is 0 Å². The highest BCUT2D eigenvalue weighted by molar-refractivity contribution is 4.62. The van der Waals surface area contributed by atoms with Crippen LogP contribution < -0.4 is 0 Å². The van der Waals surface area contributed by atoms with Gasteiger partial charge >= 0.3 is 0 Å². The quantitative estimate of drug-likeness (QED) is 0.313. The van der Waals surface area contributed by atoms with E-state index in [-0.39, 0.29) is 6.04 Å². The average Bonchev–Trinajstić information content (AvgIpc) is 2.05. The molecule has 0 aliphatic heterocycles. The molecule has 0 saturated heterocycles. The summed E-state index contributed by atoms with van der Waals surface area (Å²) in [5, 5.41) is 14.5. The Balaban J connectivity index is 2.39. The van der Waals surface area contributed by atoms with Gasteiger partial charge in [0.15, 0.2) is 6.04 Å². The molecule has 0 atom stereocenters. The molecular weight excluding hydrogens is 128 g/mol. The molecule has 10 heavy (non-hydrogen) atoms. The second-order valence-corrected chi connectivity index (χ2v) is 2.79. The summed E-state index contributed by atoms with van der Waals surface area (Å²) in [4.78, 5) is 0.860. The van der Waals surface area contributed by atoms with Crippen molar-refractivity contribution in [3.8, 4) is 0 Å². The fourth-order valence-corrected chi connectivity index (χ4v) is 1.47. The molecule has 0 unspecified atom stereocenters. The molecule has 1 fully saturated rings. The van der Waals surface area contributed by atoms with E-state index >= 15 is 0 Å². The van der Waals surface area contributed by atoms with Crippen LogP contribution in [0.25, 0.3) is 0 Å². The monoisotopic (exact) mass is 142 g/mol. The number of nitrogens with zero attached hydrogens (tertiary/aromatic N) is 2. The Morgan fingerprint density at radius 3 is 2.40 bits per heavy atom. The van der Waals surface area contributed by atoms with Gasteiger partial charge in [0.1, 0.15) is 0 Å². The maximum absolute atomic E-state index is 10.9. The largest absolute Gasteiger partial charge is 0.600 e. The molecule has 58 valence electrons. The SMILES string of the molecule is CN=[N+]([O-])C1CCCCC1. The zero-order valence-corrected chi connectivity index (χ0v) is 6.42. The highest BCUT2D eigenvalue weighted by Crippen LogP contribution is 2.19. The first-order valence-corrected chi connectivity index (χ1v) is 3.90. The maximum atomic E-state index is 10.9. The lowest BCUT2D eigenvalue weighted by Crippen LogP contribution is -2.22. The molecule has 0 amide bonds. The second kappa shape index (κ2) is 3.54. The lowest BCUT2D eigenvalue weighted by Gasteiger charge is -2.17. The second-order valence-electron chi connectivity index (χ2n) is 2.79. The Morgan fingerprint density at radius 1 is 1.30 bits per heavy atom. The average molecular weight is 142 g/mol. The molecule has 1 aliphatic carbocycles. The lowest BCUT2D eigenvalue weighted by atomic mass is 9.96. The van der Waals surface area contributed by atoms with Crippen LogP contribution in [0.5, 0.6) is 0 Å². The number of hydroxylamine groups is 1. The fraction of sp³-hybridized carbons (Fsp3) is 1.00. The molecule has 0 aromatic rings. The minimum Gasteiger partial charge on any atom is -0.600 e. The van der Waals surface area contributed by atoms with Crippen LogP contribution >= 0.6 is 0 Å². The summed E-state index contributed by atoms with van der Waals surface area (Å²) in [5.41, 5.74) is 0. The molecule has 0 spiro atoms. The van der Waals surface area contributed by atoms with E-state index in [1.165, 1.54) is 19.3 Å². The predicted molar refractivity (Wildman–Crippen MR) is 38.9 cm³/mol. The Labute approximate surface area is 61.3 Å². The highest BCUT2D eigenvalue weighted by Gasteiger charge is 2.20. The van der Waals surface area contributed by atoms with Crippen molar-refractivity contribution in [2.45, 2.75) is 38.1 Å². The van der Waals surface area contributed by atoms with E-state index < -0.39 is 0 Å². The molecular formula is C7H14N2O. The minimum absolute atomic E-state index is 0.179. The summed E-state index contributed by atoms with van der Waals surface area (Å²) in [6.07, 6.45) is 5.73. The van der Waals surface area contributed by atoms with Crippen molar-refractivity contribution in [2.24, 2.45) is 5.11 Å². The molecule has 0 aromatic carbocycles. The van der Waals surface area contributed by atoms with Crippen molar-refractivity contribution in [3.05, 3.63) is 5.21 Å². The first kappa shape index (κ1) is 7.51. The Kier molecular flexibility index (Phi) is 2.66. The van der Waals surface area contributed by atoms with Crippen molar-refractivity contribution in [1.82, 2.24) is 0 Å². The van der Waals surface area contributed by atoms with Crippen LogP contribution in [0.2, 0.25) is 0 Å². The number of rotatable bonds is 1. The molecule has 1 rings (SSSR count). The van der Waals surface area contributed by atoms with Crippen LogP contribution in [-0.4, -0.2) is 18.0 Å². The molecule has 0 aromatic heterocycles. The van der Waals surface area contributed by atoms with Gasteiger partial charge in [-0.15, -0.1) is 0 Å². The summed E-state index contributed by atoms with van der Waals surface area (Å²) < 4.78 is 0. The molecule has 1 aliphatic rings. The van der Waals surface area contributed by atoms with Crippen molar-refractivity contribution >= 4 is 0 Å². The maximum Gasteiger partial charge on any atom is 0.189 e. The molecule has 1 saturated carbocycles. The highest BCUT2D eigenvalue weighted by atomic mass is 16.5. The van der Waals surface area contributed by atoms with Crippen LogP contribution in [0.4, 0.5) is 0 Å². The van der Waals surface area contributed by atoms with Crippen LogP contribution in [0.3, 0.4) is 0 Å². The third kappa shape index (κ3) is 1.69. The molecule has 0 N–H and O–H groups in total. The summed E-state index contributed by atoms with van der Waals surface area (Å²) in [5.74, 6) is 0. The van der Waals surface area contributed by atoms with Crippen LogP contribution in [0.15, 0.2) is 5.11 Å². The Hall–Kier alpha value is -0.600. The van der Waals surface area contributed by atoms with Gasteiger partial charge in [-0.1, -0.05) is 11.3 Å². The Bertz CT molecular complexity index is 128. The summed E-state index contributed by atoms with van der Waals surface area (Å²) in [7, 11) is 1.56. The van der Waals surface area contributed by atoms with Gasteiger partial charge in [-0.05, 0) is 18.0 Å². The minimum atomic E-state index is 0.179. The first-order chi connectivity index (χ1) is 4.84. The molecule has 3 heteroatoms. The number of hydrogen-bond donors (Lipinski definition) is 0. The number of hydrogen-bond acceptors (Lipinski definition) is 2. The van der Waals surface area contributed by atoms with Crippen molar-refractivity contribution in [1.29, 1.82) is 0 Å². The normalized spacial score (nSPS) is 23.1. The van der Waals surface area contributed by atoms with Gasteiger partial charge in [0, 0.05) is 12.8 Å². The topological polar surface area (TPSA) is 38.4 Å². The van der Waals surface area contributed by atoms with Gasteiger partial charge in [0.2, 0.25) is 0 Å². The van der Waals surface area contributed by atoms with Crippen molar-refractivity contribution in [2.75, 3.05) is 7.05 Å². The summed E-state index contributed by atoms with van der Waals surface area (Å²) >= 11 is 0. The van der Waals surface area contributed by atoms with Gasteiger partial charge in [-0.25, -0.2) is 0 Å². The standard InChI is InChI=1S/C7H14N2O/c1-8-9(10)7-5-3-2-4-6-7/h7H,2-6H2,1H3. The van der Waals surface area contributed by atoms with Crippen LogP contribution in [0, 0.1) is 5.21 Å². The predicted octanol–water partition coefficient (Wildman–Crippen LogP) is 1.91. The third-order valence-corrected chi connectivity index (χ3v) is 2.08. The fourth-order valence-electron chi connectivity index (χ4n) is 1.47. The van der Waals surface area contributed by atoms with Crippen molar-refractivity contribution < 1.29 is 4.86 Å². The number of azo groups is 1. The van der Waals surface area contributed by atoms with Crippen molar-refractivity contribution in [3.63, 3.8) is 0 Å². The third-order valence-electron chi connectivity index (χ3n) is 2.08. The van der Waals surface area contributed by atoms with E-state index in [4.69, 9.17) is 0 Å².